The van der Waals surface area contributed by atoms with Crippen LogP contribution in [-0.2, 0) is 22.7 Å². The Bertz CT molecular complexity index is 1260. The number of para-hydroxylation sites is 1. The Morgan fingerprint density at radius 2 is 1.85 bits per heavy atom. The van der Waals surface area contributed by atoms with E-state index in [4.69, 9.17) is 0 Å². The average Bonchev–Trinajstić information content (AvgIpc) is 2.82. The number of fused-ring (bicyclic) bond motifs is 1. The van der Waals surface area contributed by atoms with Crippen molar-refractivity contribution >= 4 is 22.7 Å². The average molecular weight is 451 g/mol. The summed E-state index contributed by atoms with van der Waals surface area (Å²) in [6.45, 7) is 4.51. The molecule has 2 aromatic carbocycles. The van der Waals surface area contributed by atoms with Crippen molar-refractivity contribution in [2.24, 2.45) is 5.92 Å². The lowest BCUT2D eigenvalue weighted by molar-refractivity contribution is -0.136. The number of nitrogens with zero attached hydrogens (tertiary/aromatic N) is 3. The van der Waals surface area contributed by atoms with E-state index in [1.165, 1.54) is 10.6 Å². The summed E-state index contributed by atoms with van der Waals surface area (Å²) in [7, 11) is 0. The van der Waals surface area contributed by atoms with Gasteiger partial charge in [-0.05, 0) is 56.0 Å². The van der Waals surface area contributed by atoms with Crippen LogP contribution in [0.5, 0.6) is 0 Å². The largest absolute Gasteiger partial charge is 0.352 e. The number of hydrogen-bond acceptors (Lipinski definition) is 4. The van der Waals surface area contributed by atoms with E-state index in [9.17, 15) is 18.8 Å². The predicted molar refractivity (Wildman–Crippen MR) is 123 cm³/mol. The van der Waals surface area contributed by atoms with Crippen LogP contribution >= 0.6 is 0 Å². The van der Waals surface area contributed by atoms with Crippen LogP contribution in [-0.4, -0.2) is 39.4 Å². The molecule has 2 heterocycles. The van der Waals surface area contributed by atoms with Gasteiger partial charge in [0, 0.05) is 25.6 Å². The molecule has 0 aliphatic carbocycles. The Hall–Kier alpha value is -3.55. The molecule has 3 aromatic rings. The van der Waals surface area contributed by atoms with Gasteiger partial charge in [0.15, 0.2) is 0 Å². The zero-order valence-electron chi connectivity index (χ0n) is 18.8. The summed E-state index contributed by atoms with van der Waals surface area (Å²) in [5.74, 6) is -0.241. The third kappa shape index (κ3) is 4.94. The summed E-state index contributed by atoms with van der Waals surface area (Å²) in [6.07, 6.45) is 1.09. The summed E-state index contributed by atoms with van der Waals surface area (Å²) in [5.41, 5.74) is 1.67. The second-order valence-electron chi connectivity index (χ2n) is 8.52. The number of benzene rings is 2. The molecule has 172 valence electrons. The molecule has 1 N–H and O–H groups in total. The van der Waals surface area contributed by atoms with E-state index in [1.54, 1.807) is 49.1 Å². The number of carbonyl (C=O) groups excluding carboxylic acids is 2. The highest BCUT2D eigenvalue weighted by atomic mass is 19.1. The minimum absolute atomic E-state index is 0.0711. The molecule has 7 nitrogen and oxygen atoms in total. The highest BCUT2D eigenvalue weighted by molar-refractivity contribution is 5.81. The highest BCUT2D eigenvalue weighted by Crippen LogP contribution is 2.18. The molecule has 0 atom stereocenters. The summed E-state index contributed by atoms with van der Waals surface area (Å²) in [5, 5.41) is 3.35. The minimum atomic E-state index is -0.287. The van der Waals surface area contributed by atoms with E-state index in [2.05, 4.69) is 10.3 Å². The van der Waals surface area contributed by atoms with Gasteiger partial charge in [-0.15, -0.1) is 0 Å². The normalized spacial score (nSPS) is 14.5. The van der Waals surface area contributed by atoms with Gasteiger partial charge in [0.1, 0.15) is 18.2 Å². The molecule has 0 bridgehead atoms. The van der Waals surface area contributed by atoms with Gasteiger partial charge in [-0.25, -0.2) is 9.37 Å². The van der Waals surface area contributed by atoms with Gasteiger partial charge in [0.25, 0.3) is 5.56 Å². The maximum atomic E-state index is 13.7. The van der Waals surface area contributed by atoms with E-state index in [1.807, 2.05) is 6.07 Å². The number of likely N-dealkylation sites (tertiary alicyclic amines) is 1. The van der Waals surface area contributed by atoms with Crippen LogP contribution in [0.25, 0.3) is 10.9 Å². The zero-order chi connectivity index (χ0) is 23.5. The van der Waals surface area contributed by atoms with Crippen molar-refractivity contribution in [2.45, 2.75) is 39.8 Å². The van der Waals surface area contributed by atoms with Crippen molar-refractivity contribution in [3.05, 3.63) is 75.6 Å². The Morgan fingerprint density at radius 1 is 1.12 bits per heavy atom. The molecule has 4 rings (SSSR count). The summed E-state index contributed by atoms with van der Waals surface area (Å²) < 4.78 is 15.1. The molecule has 1 aliphatic rings. The number of aromatic nitrogens is 2. The first-order valence-electron chi connectivity index (χ1n) is 11.1. The van der Waals surface area contributed by atoms with E-state index in [-0.39, 0.29) is 42.2 Å². The number of piperidine rings is 1. The first-order valence-corrected chi connectivity index (χ1v) is 11.1. The number of aryl methyl sites for hydroxylation is 2. The fourth-order valence-electron chi connectivity index (χ4n) is 4.17. The smallest absolute Gasteiger partial charge is 0.261 e. The molecule has 0 spiro atoms. The maximum absolute atomic E-state index is 13.7. The quantitative estimate of drug-likeness (QED) is 0.648. The van der Waals surface area contributed by atoms with Crippen LogP contribution in [0.3, 0.4) is 0 Å². The lowest BCUT2D eigenvalue weighted by atomic mass is 9.95. The molecule has 1 aromatic heterocycles. The molecule has 2 amide bonds. The SMILES string of the molecule is Cc1ccc(CNC(=O)C2CCN(C(=O)Cn3c(C)nc4ccccc4c3=O)CC2)cc1F. The Balaban J connectivity index is 1.33. The molecular formula is C25H27FN4O3. The van der Waals surface area contributed by atoms with E-state index in [0.717, 1.165) is 0 Å². The highest BCUT2D eigenvalue weighted by Gasteiger charge is 2.27. The first kappa shape index (κ1) is 22.6. The van der Waals surface area contributed by atoms with Crippen LogP contribution in [0, 0.1) is 25.6 Å². The topological polar surface area (TPSA) is 84.3 Å². The van der Waals surface area contributed by atoms with Gasteiger partial charge < -0.3 is 10.2 Å². The van der Waals surface area contributed by atoms with Gasteiger partial charge in [-0.1, -0.05) is 24.3 Å². The van der Waals surface area contributed by atoms with Gasteiger partial charge in [0.05, 0.1) is 10.9 Å². The molecule has 1 fully saturated rings. The summed E-state index contributed by atoms with van der Waals surface area (Å²) >= 11 is 0. The van der Waals surface area contributed by atoms with Crippen LogP contribution in [0.2, 0.25) is 0 Å². The number of hydrogen-bond donors (Lipinski definition) is 1. The fraction of sp³-hybridized carbons (Fsp3) is 0.360. The lowest BCUT2D eigenvalue weighted by Gasteiger charge is -2.31. The fourth-order valence-corrected chi connectivity index (χ4v) is 4.17. The van der Waals surface area contributed by atoms with Crippen LogP contribution in [0.4, 0.5) is 4.39 Å². The second-order valence-corrected chi connectivity index (χ2v) is 8.52. The number of amides is 2. The standard InChI is InChI=1S/C25H27FN4O3/c1-16-7-8-18(13-21(16)26)14-27-24(32)19-9-11-29(12-10-19)23(31)15-30-17(2)28-22-6-4-3-5-20(22)25(30)33/h3-8,13,19H,9-12,14-15H2,1-2H3,(H,27,32). The van der Waals surface area contributed by atoms with Gasteiger partial charge in [-0.2, -0.15) is 0 Å². The number of carbonyl (C=O) groups is 2. The molecule has 8 heteroatoms. The molecule has 0 radical (unpaired) electrons. The van der Waals surface area contributed by atoms with E-state index < -0.39 is 0 Å². The van der Waals surface area contributed by atoms with Crippen LogP contribution in [0.15, 0.2) is 47.3 Å². The minimum Gasteiger partial charge on any atom is -0.352 e. The lowest BCUT2D eigenvalue weighted by Crippen LogP contribution is -2.45. The number of rotatable bonds is 5. The third-order valence-electron chi connectivity index (χ3n) is 6.27. The number of nitrogens with one attached hydrogen (secondary N) is 1. The Labute approximate surface area is 191 Å². The maximum Gasteiger partial charge on any atom is 0.261 e. The second kappa shape index (κ2) is 9.52. The molecule has 1 saturated heterocycles. The molecule has 0 saturated carbocycles. The molecule has 33 heavy (non-hydrogen) atoms. The summed E-state index contributed by atoms with van der Waals surface area (Å²) in [4.78, 5) is 44.3. The monoisotopic (exact) mass is 450 g/mol. The van der Waals surface area contributed by atoms with Crippen molar-refractivity contribution in [3.8, 4) is 0 Å². The van der Waals surface area contributed by atoms with Crippen molar-refractivity contribution < 1.29 is 14.0 Å². The van der Waals surface area contributed by atoms with Crippen molar-refractivity contribution in [2.75, 3.05) is 13.1 Å². The Morgan fingerprint density at radius 3 is 2.58 bits per heavy atom. The number of halogens is 1. The molecule has 0 unspecified atom stereocenters. The Kier molecular flexibility index (Phi) is 6.53. The van der Waals surface area contributed by atoms with Crippen LogP contribution in [0.1, 0.15) is 29.8 Å². The van der Waals surface area contributed by atoms with E-state index in [0.29, 0.717) is 53.8 Å². The van der Waals surface area contributed by atoms with Gasteiger partial charge in [0.2, 0.25) is 11.8 Å². The van der Waals surface area contributed by atoms with Gasteiger partial charge >= 0.3 is 0 Å². The zero-order valence-corrected chi connectivity index (χ0v) is 18.8. The van der Waals surface area contributed by atoms with Crippen molar-refractivity contribution in [1.82, 2.24) is 19.8 Å². The predicted octanol–water partition coefficient (Wildman–Crippen LogP) is 2.71. The van der Waals surface area contributed by atoms with Crippen molar-refractivity contribution in [1.29, 1.82) is 0 Å². The summed E-state index contributed by atoms with van der Waals surface area (Å²) in [6, 6.07) is 12.0. The van der Waals surface area contributed by atoms with E-state index >= 15 is 0 Å². The molecular weight excluding hydrogens is 423 g/mol. The third-order valence-corrected chi connectivity index (χ3v) is 6.27. The van der Waals surface area contributed by atoms with Crippen LogP contribution < -0.4 is 10.9 Å². The van der Waals surface area contributed by atoms with Crippen molar-refractivity contribution in [3.63, 3.8) is 0 Å². The molecule has 1 aliphatic heterocycles. The van der Waals surface area contributed by atoms with Gasteiger partial charge in [-0.3, -0.25) is 19.0 Å². The first-order chi connectivity index (χ1) is 15.8.